The molecule has 0 aromatic carbocycles. The molecule has 0 saturated carbocycles. The van der Waals surface area contributed by atoms with Gasteiger partial charge in [0.2, 0.25) is 5.91 Å². The van der Waals surface area contributed by atoms with E-state index in [0.29, 0.717) is 12.3 Å². The minimum Gasteiger partial charge on any atom is -0.316 e. The van der Waals surface area contributed by atoms with Gasteiger partial charge in [0.25, 0.3) is 0 Å². The van der Waals surface area contributed by atoms with Gasteiger partial charge in [-0.15, -0.1) is 12.4 Å². The van der Waals surface area contributed by atoms with Crippen LogP contribution < -0.4 is 10.7 Å². The quantitative estimate of drug-likeness (QED) is 0.865. The summed E-state index contributed by atoms with van der Waals surface area (Å²) in [6.07, 6.45) is 3.90. The van der Waals surface area contributed by atoms with E-state index in [4.69, 9.17) is 0 Å². The fourth-order valence-electron chi connectivity index (χ4n) is 1.29. The number of amides is 1. The highest BCUT2D eigenvalue weighted by molar-refractivity contribution is 9.10. The molecule has 15 heavy (non-hydrogen) atoms. The fourth-order valence-corrected chi connectivity index (χ4v) is 1.58. The van der Waals surface area contributed by atoms with Gasteiger partial charge in [-0.1, -0.05) is 0 Å². The molecule has 0 radical (unpaired) electrons. The molecule has 7 heteroatoms. The highest BCUT2D eigenvalue weighted by atomic mass is 79.9. The highest BCUT2D eigenvalue weighted by Crippen LogP contribution is 2.08. The Morgan fingerprint density at radius 1 is 1.73 bits per heavy atom. The van der Waals surface area contributed by atoms with Crippen molar-refractivity contribution in [2.75, 3.05) is 18.5 Å². The minimum absolute atomic E-state index is 0. The van der Waals surface area contributed by atoms with Gasteiger partial charge in [-0.05, 0) is 34.9 Å². The van der Waals surface area contributed by atoms with Crippen molar-refractivity contribution in [1.82, 2.24) is 15.2 Å². The Labute approximate surface area is 102 Å². The fraction of sp³-hybridized carbons (Fsp3) is 0.500. The summed E-state index contributed by atoms with van der Waals surface area (Å²) in [6, 6.07) is 0. The third-order valence-electron chi connectivity index (χ3n) is 2.13. The second-order valence-corrected chi connectivity index (χ2v) is 4.28. The smallest absolute Gasteiger partial charge is 0.240 e. The standard InChI is InChI=1S/C8H11BrN4O.ClH/c9-7-4-11-13(5-7)12-8(14)1-6-2-10-3-6;/h4-6,10H,1-3H2,(H,12,14);1H. The molecule has 2 heterocycles. The van der Waals surface area contributed by atoms with Crippen LogP contribution in [0.3, 0.4) is 0 Å². The maximum absolute atomic E-state index is 11.4. The van der Waals surface area contributed by atoms with Crippen LogP contribution in [0.15, 0.2) is 16.9 Å². The third-order valence-corrected chi connectivity index (χ3v) is 2.54. The van der Waals surface area contributed by atoms with Crippen molar-refractivity contribution >= 4 is 34.2 Å². The van der Waals surface area contributed by atoms with Crippen LogP contribution in [0.2, 0.25) is 0 Å². The van der Waals surface area contributed by atoms with Crippen LogP contribution in [0.1, 0.15) is 6.42 Å². The number of carbonyl (C=O) groups excluding carboxylic acids is 1. The zero-order valence-electron chi connectivity index (χ0n) is 7.94. The average molecular weight is 296 g/mol. The summed E-state index contributed by atoms with van der Waals surface area (Å²) in [6.45, 7) is 1.88. The lowest BCUT2D eigenvalue weighted by atomic mass is 9.99. The number of nitrogens with zero attached hydrogens (tertiary/aromatic N) is 2. The van der Waals surface area contributed by atoms with Crippen molar-refractivity contribution in [2.45, 2.75) is 6.42 Å². The molecule has 1 aliphatic rings. The predicted octanol–water partition coefficient (Wildman–Crippen LogP) is 0.747. The summed E-state index contributed by atoms with van der Waals surface area (Å²) >= 11 is 3.25. The van der Waals surface area contributed by atoms with Crippen molar-refractivity contribution < 1.29 is 4.79 Å². The van der Waals surface area contributed by atoms with E-state index in [1.54, 1.807) is 12.4 Å². The van der Waals surface area contributed by atoms with E-state index in [9.17, 15) is 4.79 Å². The van der Waals surface area contributed by atoms with Crippen molar-refractivity contribution in [1.29, 1.82) is 0 Å². The molecule has 2 N–H and O–H groups in total. The Morgan fingerprint density at radius 3 is 2.93 bits per heavy atom. The van der Waals surface area contributed by atoms with Gasteiger partial charge in [0.1, 0.15) is 0 Å². The van der Waals surface area contributed by atoms with E-state index in [0.717, 1.165) is 17.6 Å². The zero-order chi connectivity index (χ0) is 9.97. The van der Waals surface area contributed by atoms with Gasteiger partial charge in [0.15, 0.2) is 0 Å². The van der Waals surface area contributed by atoms with Crippen LogP contribution >= 0.6 is 28.3 Å². The van der Waals surface area contributed by atoms with E-state index >= 15 is 0 Å². The number of rotatable bonds is 3. The Kier molecular flexibility index (Phi) is 4.56. The third kappa shape index (κ3) is 3.48. The minimum atomic E-state index is 0. The normalized spacial score (nSPS) is 15.3. The molecule has 2 rings (SSSR count). The lowest BCUT2D eigenvalue weighted by Gasteiger charge is -2.26. The molecule has 1 fully saturated rings. The molecule has 5 nitrogen and oxygen atoms in total. The summed E-state index contributed by atoms with van der Waals surface area (Å²) in [5.74, 6) is 0.487. The second-order valence-electron chi connectivity index (χ2n) is 3.37. The zero-order valence-corrected chi connectivity index (χ0v) is 10.3. The van der Waals surface area contributed by atoms with Crippen LogP contribution in [-0.2, 0) is 4.79 Å². The molecule has 0 aliphatic carbocycles. The first kappa shape index (κ1) is 12.5. The van der Waals surface area contributed by atoms with Gasteiger partial charge < -0.3 is 5.32 Å². The first-order valence-electron chi connectivity index (χ1n) is 4.45. The summed E-state index contributed by atoms with van der Waals surface area (Å²) in [5, 5.41) is 7.05. The van der Waals surface area contributed by atoms with Crippen molar-refractivity contribution in [3.63, 3.8) is 0 Å². The van der Waals surface area contributed by atoms with Gasteiger partial charge in [0, 0.05) is 6.42 Å². The van der Waals surface area contributed by atoms with E-state index < -0.39 is 0 Å². The molecule has 84 valence electrons. The average Bonchev–Trinajstić information content (AvgIpc) is 2.44. The van der Waals surface area contributed by atoms with Crippen LogP contribution in [0.4, 0.5) is 0 Å². The first-order chi connectivity index (χ1) is 6.74. The number of halogens is 2. The Bertz CT molecular complexity index is 339. The van der Waals surface area contributed by atoms with Crippen molar-refractivity contribution in [2.24, 2.45) is 5.92 Å². The number of nitrogens with one attached hydrogen (secondary N) is 2. The van der Waals surface area contributed by atoms with Gasteiger partial charge >= 0.3 is 0 Å². The molecule has 0 spiro atoms. The number of hydrogen-bond acceptors (Lipinski definition) is 3. The van der Waals surface area contributed by atoms with Crippen molar-refractivity contribution in [3.05, 3.63) is 16.9 Å². The Hall–Kier alpha value is -0.590. The van der Waals surface area contributed by atoms with Gasteiger partial charge in [-0.3, -0.25) is 4.79 Å². The molecule has 1 amide bonds. The molecule has 1 aliphatic heterocycles. The predicted molar refractivity (Wildman–Crippen MR) is 62.5 cm³/mol. The summed E-state index contributed by atoms with van der Waals surface area (Å²) in [5.41, 5.74) is 2.67. The lowest BCUT2D eigenvalue weighted by molar-refractivity contribution is -0.118. The maximum Gasteiger partial charge on any atom is 0.240 e. The summed E-state index contributed by atoms with van der Waals surface area (Å²) < 4.78 is 0.850. The van der Waals surface area contributed by atoms with Gasteiger partial charge in [-0.25, -0.2) is 5.43 Å². The topological polar surface area (TPSA) is 59.0 Å². The second kappa shape index (κ2) is 5.48. The van der Waals surface area contributed by atoms with E-state index in [-0.39, 0.29) is 18.3 Å². The lowest BCUT2D eigenvalue weighted by Crippen LogP contribution is -2.44. The van der Waals surface area contributed by atoms with E-state index in [2.05, 4.69) is 31.8 Å². The first-order valence-corrected chi connectivity index (χ1v) is 5.24. The SMILES string of the molecule is Cl.O=C(CC1CNC1)Nn1cc(Br)cn1. The molecule has 1 aromatic heterocycles. The number of carbonyl (C=O) groups is 1. The largest absolute Gasteiger partial charge is 0.316 e. The molecule has 1 aromatic rings. The molecular weight excluding hydrogens is 283 g/mol. The highest BCUT2D eigenvalue weighted by Gasteiger charge is 2.20. The molecule has 0 bridgehead atoms. The number of hydrogen-bond donors (Lipinski definition) is 2. The van der Waals surface area contributed by atoms with Gasteiger partial charge in [0.05, 0.1) is 16.9 Å². The molecule has 0 unspecified atom stereocenters. The van der Waals surface area contributed by atoms with Gasteiger partial charge in [-0.2, -0.15) is 9.89 Å². The Morgan fingerprint density at radius 2 is 2.47 bits per heavy atom. The molecule has 1 saturated heterocycles. The van der Waals surface area contributed by atoms with Crippen LogP contribution in [0.5, 0.6) is 0 Å². The molecule has 0 atom stereocenters. The number of aromatic nitrogens is 2. The van der Waals surface area contributed by atoms with E-state index in [1.807, 2.05) is 0 Å². The summed E-state index contributed by atoms with van der Waals surface area (Å²) in [4.78, 5) is 12.8. The van der Waals surface area contributed by atoms with Crippen LogP contribution in [0.25, 0.3) is 0 Å². The van der Waals surface area contributed by atoms with E-state index in [1.165, 1.54) is 4.79 Å². The molecular formula is C8H12BrClN4O. The maximum atomic E-state index is 11.4. The van der Waals surface area contributed by atoms with Crippen molar-refractivity contribution in [3.8, 4) is 0 Å². The monoisotopic (exact) mass is 294 g/mol. The Balaban J connectivity index is 0.00000112. The van der Waals surface area contributed by atoms with Crippen LogP contribution in [-0.4, -0.2) is 28.9 Å². The summed E-state index contributed by atoms with van der Waals surface area (Å²) in [7, 11) is 0. The van der Waals surface area contributed by atoms with Crippen LogP contribution in [0, 0.1) is 5.92 Å².